The Morgan fingerprint density at radius 3 is 2.79 bits per heavy atom. The fraction of sp³-hybridized carbons (Fsp3) is 0.100. The molecule has 0 fully saturated rings. The van der Waals surface area contributed by atoms with E-state index in [1.807, 2.05) is 12.1 Å². The van der Waals surface area contributed by atoms with Crippen LogP contribution in [-0.2, 0) is 7.05 Å². The highest BCUT2D eigenvalue weighted by Crippen LogP contribution is 2.26. The smallest absolute Gasteiger partial charge is 0.259 e. The lowest BCUT2D eigenvalue weighted by molar-refractivity contribution is 0.873. The molecule has 0 aliphatic carbocycles. The molecule has 0 aliphatic rings. The quantitative estimate of drug-likeness (QED) is 0.723. The van der Waals surface area contributed by atoms with Gasteiger partial charge in [-0.05, 0) is 18.2 Å². The molecule has 0 bridgehead atoms. The standard InChI is InChI=1S/C10H7BrClNO/c1-13-5-4-6-7(11)2-3-8(12)9(6)10(13)14/h2-5H,1H3. The summed E-state index contributed by atoms with van der Waals surface area (Å²) < 4.78 is 2.40. The summed E-state index contributed by atoms with van der Waals surface area (Å²) in [6.45, 7) is 0. The molecule has 4 heteroatoms. The molecule has 1 aromatic carbocycles. The Bertz CT molecular complexity index is 562. The summed E-state index contributed by atoms with van der Waals surface area (Å²) >= 11 is 9.36. The lowest BCUT2D eigenvalue weighted by Gasteiger charge is -2.04. The van der Waals surface area contributed by atoms with E-state index in [1.165, 1.54) is 4.57 Å². The molecule has 0 N–H and O–H groups in total. The number of benzene rings is 1. The molecule has 0 aliphatic heterocycles. The third kappa shape index (κ3) is 1.37. The lowest BCUT2D eigenvalue weighted by Crippen LogP contribution is -2.15. The van der Waals surface area contributed by atoms with Crippen LogP contribution in [0, 0.1) is 0 Å². The molecule has 2 aromatic rings. The van der Waals surface area contributed by atoms with Crippen molar-refractivity contribution in [3.05, 3.63) is 44.2 Å². The van der Waals surface area contributed by atoms with Crippen LogP contribution in [0.15, 0.2) is 33.7 Å². The van der Waals surface area contributed by atoms with E-state index in [9.17, 15) is 4.79 Å². The van der Waals surface area contributed by atoms with Crippen molar-refractivity contribution >= 4 is 38.3 Å². The maximum absolute atomic E-state index is 11.8. The summed E-state index contributed by atoms with van der Waals surface area (Å²) in [4.78, 5) is 11.8. The summed E-state index contributed by atoms with van der Waals surface area (Å²) in [6, 6.07) is 5.42. The summed E-state index contributed by atoms with van der Waals surface area (Å²) in [5, 5.41) is 1.90. The summed E-state index contributed by atoms with van der Waals surface area (Å²) in [7, 11) is 1.71. The van der Waals surface area contributed by atoms with Crippen molar-refractivity contribution in [1.29, 1.82) is 0 Å². The van der Waals surface area contributed by atoms with Crippen molar-refractivity contribution in [1.82, 2.24) is 4.57 Å². The Morgan fingerprint density at radius 2 is 2.07 bits per heavy atom. The second kappa shape index (κ2) is 3.41. The highest BCUT2D eigenvalue weighted by molar-refractivity contribution is 9.10. The first-order chi connectivity index (χ1) is 6.61. The fourth-order valence-corrected chi connectivity index (χ4v) is 2.09. The van der Waals surface area contributed by atoms with Crippen LogP contribution in [0.3, 0.4) is 0 Å². The van der Waals surface area contributed by atoms with Crippen LogP contribution >= 0.6 is 27.5 Å². The van der Waals surface area contributed by atoms with Gasteiger partial charge in [0.1, 0.15) is 0 Å². The van der Waals surface area contributed by atoms with Gasteiger partial charge in [0.25, 0.3) is 5.56 Å². The van der Waals surface area contributed by atoms with E-state index in [2.05, 4.69) is 15.9 Å². The Morgan fingerprint density at radius 1 is 1.36 bits per heavy atom. The van der Waals surface area contributed by atoms with Crippen LogP contribution in [0.5, 0.6) is 0 Å². The topological polar surface area (TPSA) is 22.0 Å². The summed E-state index contributed by atoms with van der Waals surface area (Å²) in [6.07, 6.45) is 1.73. The Hall–Kier alpha value is -0.800. The van der Waals surface area contributed by atoms with E-state index in [0.29, 0.717) is 10.4 Å². The Kier molecular flexibility index (Phi) is 2.37. The minimum atomic E-state index is -0.0752. The molecule has 0 unspecified atom stereocenters. The largest absolute Gasteiger partial charge is 0.318 e. The molecule has 72 valence electrons. The van der Waals surface area contributed by atoms with Crippen LogP contribution in [0.2, 0.25) is 5.02 Å². The van der Waals surface area contributed by atoms with Gasteiger partial charge in [0.2, 0.25) is 0 Å². The molecule has 0 amide bonds. The van der Waals surface area contributed by atoms with E-state index in [0.717, 1.165) is 9.86 Å². The van der Waals surface area contributed by atoms with Crippen molar-refractivity contribution in [2.45, 2.75) is 0 Å². The van der Waals surface area contributed by atoms with E-state index in [1.54, 1.807) is 19.3 Å². The van der Waals surface area contributed by atoms with Crippen molar-refractivity contribution in [3.8, 4) is 0 Å². The molecular weight excluding hydrogens is 265 g/mol. The second-order valence-corrected chi connectivity index (χ2v) is 4.31. The van der Waals surface area contributed by atoms with E-state index in [-0.39, 0.29) is 5.56 Å². The average Bonchev–Trinajstić information content (AvgIpc) is 2.16. The van der Waals surface area contributed by atoms with Crippen molar-refractivity contribution < 1.29 is 0 Å². The SMILES string of the molecule is Cn1ccc2c(Br)ccc(Cl)c2c1=O. The minimum Gasteiger partial charge on any atom is -0.318 e. The van der Waals surface area contributed by atoms with Gasteiger partial charge in [-0.3, -0.25) is 4.79 Å². The van der Waals surface area contributed by atoms with Gasteiger partial charge < -0.3 is 4.57 Å². The van der Waals surface area contributed by atoms with E-state index in [4.69, 9.17) is 11.6 Å². The fourth-order valence-electron chi connectivity index (χ4n) is 1.38. The van der Waals surface area contributed by atoms with Gasteiger partial charge in [0.05, 0.1) is 10.4 Å². The highest BCUT2D eigenvalue weighted by atomic mass is 79.9. The Labute approximate surface area is 94.2 Å². The highest BCUT2D eigenvalue weighted by Gasteiger charge is 2.07. The summed E-state index contributed by atoms with van der Waals surface area (Å²) in [5.74, 6) is 0. The molecule has 0 atom stereocenters. The molecule has 1 aromatic heterocycles. The van der Waals surface area contributed by atoms with Gasteiger partial charge in [0, 0.05) is 23.1 Å². The normalized spacial score (nSPS) is 10.8. The molecule has 2 rings (SSSR count). The third-order valence-electron chi connectivity index (χ3n) is 2.14. The number of rotatable bonds is 0. The predicted molar refractivity (Wildman–Crippen MR) is 61.9 cm³/mol. The van der Waals surface area contributed by atoms with Gasteiger partial charge in [-0.15, -0.1) is 0 Å². The van der Waals surface area contributed by atoms with Crippen LogP contribution in [0.4, 0.5) is 0 Å². The molecule has 0 spiro atoms. The maximum Gasteiger partial charge on any atom is 0.259 e. The number of hydrogen-bond acceptors (Lipinski definition) is 1. The number of aromatic nitrogens is 1. The molecule has 14 heavy (non-hydrogen) atoms. The number of nitrogens with zero attached hydrogens (tertiary/aromatic N) is 1. The van der Waals surface area contributed by atoms with Gasteiger partial charge >= 0.3 is 0 Å². The van der Waals surface area contributed by atoms with Crippen molar-refractivity contribution in [2.24, 2.45) is 7.05 Å². The zero-order valence-corrected chi connectivity index (χ0v) is 9.76. The molecule has 0 saturated heterocycles. The first kappa shape index (κ1) is 9.74. The molecular formula is C10H7BrClNO. The maximum atomic E-state index is 11.8. The van der Waals surface area contributed by atoms with Crippen LogP contribution in [-0.4, -0.2) is 4.57 Å². The van der Waals surface area contributed by atoms with E-state index < -0.39 is 0 Å². The second-order valence-electron chi connectivity index (χ2n) is 3.05. The van der Waals surface area contributed by atoms with Gasteiger partial charge in [-0.25, -0.2) is 0 Å². The van der Waals surface area contributed by atoms with Gasteiger partial charge in [-0.1, -0.05) is 27.5 Å². The molecule has 1 heterocycles. The zero-order valence-electron chi connectivity index (χ0n) is 7.42. The molecule has 0 saturated carbocycles. The lowest BCUT2D eigenvalue weighted by atomic mass is 10.2. The van der Waals surface area contributed by atoms with Crippen LogP contribution < -0.4 is 5.56 Å². The first-order valence-corrected chi connectivity index (χ1v) is 5.21. The van der Waals surface area contributed by atoms with E-state index >= 15 is 0 Å². The van der Waals surface area contributed by atoms with Crippen LogP contribution in [0.25, 0.3) is 10.8 Å². The number of pyridine rings is 1. The van der Waals surface area contributed by atoms with Crippen molar-refractivity contribution in [3.63, 3.8) is 0 Å². The minimum absolute atomic E-state index is 0.0752. The first-order valence-electron chi connectivity index (χ1n) is 4.04. The number of halogens is 2. The monoisotopic (exact) mass is 271 g/mol. The van der Waals surface area contributed by atoms with Gasteiger partial charge in [-0.2, -0.15) is 0 Å². The van der Waals surface area contributed by atoms with Crippen molar-refractivity contribution in [2.75, 3.05) is 0 Å². The third-order valence-corrected chi connectivity index (χ3v) is 3.15. The number of hydrogen-bond donors (Lipinski definition) is 0. The molecule has 2 nitrogen and oxygen atoms in total. The molecule has 0 radical (unpaired) electrons. The number of fused-ring (bicyclic) bond motifs is 1. The Balaban J connectivity index is 3.09. The van der Waals surface area contributed by atoms with Crippen LogP contribution in [0.1, 0.15) is 0 Å². The predicted octanol–water partition coefficient (Wildman–Crippen LogP) is 2.95. The number of aryl methyl sites for hydroxylation is 1. The zero-order chi connectivity index (χ0) is 10.3. The average molecular weight is 273 g/mol. The van der Waals surface area contributed by atoms with Gasteiger partial charge in [0.15, 0.2) is 0 Å². The summed E-state index contributed by atoms with van der Waals surface area (Å²) in [5.41, 5.74) is -0.0752.